The van der Waals surface area contributed by atoms with Gasteiger partial charge in [0.15, 0.2) is 0 Å². The molecule has 1 amide bonds. The van der Waals surface area contributed by atoms with Crippen LogP contribution in [-0.4, -0.2) is 42.6 Å². The maximum Gasteiger partial charge on any atom is 0.256 e. The summed E-state index contributed by atoms with van der Waals surface area (Å²) in [6.07, 6.45) is 4.19. The number of hydrogen-bond acceptors (Lipinski definition) is 3. The van der Waals surface area contributed by atoms with Gasteiger partial charge in [-0.1, -0.05) is 48.0 Å². The van der Waals surface area contributed by atoms with E-state index in [9.17, 15) is 9.18 Å². The van der Waals surface area contributed by atoms with E-state index in [1.807, 2.05) is 30.3 Å². The number of methoxy groups -OCH3 is 1. The molecule has 2 aromatic carbocycles. The largest absolute Gasteiger partial charge is 0.383 e. The van der Waals surface area contributed by atoms with Crippen LogP contribution in [0, 0.1) is 5.82 Å². The van der Waals surface area contributed by atoms with Crippen molar-refractivity contribution in [2.45, 2.75) is 43.3 Å². The van der Waals surface area contributed by atoms with Gasteiger partial charge in [0.05, 0.1) is 23.2 Å². The minimum absolute atomic E-state index is 0.0949. The first kappa shape index (κ1) is 20.3. The summed E-state index contributed by atoms with van der Waals surface area (Å²) < 4.78 is 19.7. The first-order valence-electron chi connectivity index (χ1n) is 10.1. The van der Waals surface area contributed by atoms with E-state index in [-0.39, 0.29) is 22.2 Å². The number of carbonyl (C=O) groups is 1. The molecule has 1 unspecified atom stereocenters. The maximum absolute atomic E-state index is 14.4. The van der Waals surface area contributed by atoms with Crippen LogP contribution in [0.5, 0.6) is 0 Å². The molecule has 1 N–H and O–H groups in total. The lowest BCUT2D eigenvalue weighted by Gasteiger charge is -2.42. The second kappa shape index (κ2) is 8.42. The summed E-state index contributed by atoms with van der Waals surface area (Å²) in [5, 5.41) is 3.28. The van der Waals surface area contributed by atoms with Gasteiger partial charge in [-0.15, -0.1) is 0 Å². The van der Waals surface area contributed by atoms with Crippen LogP contribution in [0.1, 0.15) is 47.6 Å². The first-order chi connectivity index (χ1) is 14.1. The topological polar surface area (TPSA) is 41.6 Å². The Bertz CT molecular complexity index is 848. The quantitative estimate of drug-likeness (QED) is 0.717. The lowest BCUT2D eigenvalue weighted by atomic mass is 9.78. The van der Waals surface area contributed by atoms with Crippen LogP contribution in [0.25, 0.3) is 0 Å². The van der Waals surface area contributed by atoms with Gasteiger partial charge < -0.3 is 10.1 Å². The zero-order valence-electron chi connectivity index (χ0n) is 16.5. The number of hydrogen-bond donors (Lipinski definition) is 1. The maximum atomic E-state index is 14.4. The first-order valence-corrected chi connectivity index (χ1v) is 10.5. The summed E-state index contributed by atoms with van der Waals surface area (Å²) in [4.78, 5) is 15.6. The number of rotatable bonds is 7. The summed E-state index contributed by atoms with van der Waals surface area (Å²) in [5.41, 5.74) is 0.735. The van der Waals surface area contributed by atoms with Crippen molar-refractivity contribution in [2.24, 2.45) is 0 Å². The van der Waals surface area contributed by atoms with Gasteiger partial charge in [0.25, 0.3) is 5.91 Å². The second-order valence-electron chi connectivity index (χ2n) is 7.93. The van der Waals surface area contributed by atoms with Crippen molar-refractivity contribution in [3.63, 3.8) is 0 Å². The highest BCUT2D eigenvalue weighted by atomic mass is 35.5. The van der Waals surface area contributed by atoms with Crippen LogP contribution < -0.4 is 5.32 Å². The normalized spacial score (nSPS) is 24.6. The highest BCUT2D eigenvalue weighted by Gasteiger charge is 2.56. The molecule has 2 saturated heterocycles. The molecule has 0 aromatic heterocycles. The van der Waals surface area contributed by atoms with Gasteiger partial charge in [-0.3, -0.25) is 9.69 Å². The molecule has 2 bridgehead atoms. The third kappa shape index (κ3) is 3.67. The lowest BCUT2D eigenvalue weighted by molar-refractivity contribution is 0.0636. The van der Waals surface area contributed by atoms with Gasteiger partial charge in [-0.05, 0) is 43.4 Å². The molecule has 4 nitrogen and oxygen atoms in total. The number of benzene rings is 2. The van der Waals surface area contributed by atoms with Crippen LogP contribution >= 0.6 is 11.6 Å². The van der Waals surface area contributed by atoms with E-state index in [2.05, 4.69) is 10.2 Å². The van der Waals surface area contributed by atoms with Gasteiger partial charge in [0.2, 0.25) is 0 Å². The monoisotopic (exact) mass is 416 g/mol. The summed E-state index contributed by atoms with van der Waals surface area (Å²) in [6, 6.07) is 14.5. The highest BCUT2D eigenvalue weighted by Crippen LogP contribution is 2.52. The fraction of sp³-hybridized carbons (Fsp3) is 0.435. The molecule has 0 spiro atoms. The van der Waals surface area contributed by atoms with Crippen LogP contribution in [0.3, 0.4) is 0 Å². The molecule has 0 aliphatic carbocycles. The van der Waals surface area contributed by atoms with E-state index in [0.29, 0.717) is 12.6 Å². The number of carbonyl (C=O) groups excluding carboxylic acids is 1. The fourth-order valence-electron chi connectivity index (χ4n) is 5.21. The van der Waals surface area contributed by atoms with E-state index in [4.69, 9.17) is 16.3 Å². The molecule has 2 fully saturated rings. The van der Waals surface area contributed by atoms with Crippen molar-refractivity contribution in [1.29, 1.82) is 0 Å². The van der Waals surface area contributed by atoms with Crippen LogP contribution in [-0.2, 0) is 4.74 Å². The minimum Gasteiger partial charge on any atom is -0.383 e. The Kier molecular flexibility index (Phi) is 5.91. The van der Waals surface area contributed by atoms with E-state index < -0.39 is 11.7 Å². The van der Waals surface area contributed by atoms with Crippen molar-refractivity contribution < 1.29 is 13.9 Å². The van der Waals surface area contributed by atoms with Crippen molar-refractivity contribution in [2.75, 3.05) is 20.3 Å². The van der Waals surface area contributed by atoms with Crippen LogP contribution in [0.2, 0.25) is 5.02 Å². The third-order valence-electron chi connectivity index (χ3n) is 6.51. The highest BCUT2D eigenvalue weighted by molar-refractivity contribution is 6.33. The fourth-order valence-corrected chi connectivity index (χ4v) is 5.45. The molecule has 2 aliphatic heterocycles. The van der Waals surface area contributed by atoms with Crippen molar-refractivity contribution >= 4 is 17.5 Å². The standard InChI is InChI=1S/C23H26ClFN2O2/c1-29-15-14-27-17-10-12-23(27,13-11-17)21(16-6-3-2-4-7-16)26-22(28)20-18(24)8-5-9-19(20)25/h2-9,17,21H,10-15H2,1H3,(H,26,28). The van der Waals surface area contributed by atoms with E-state index in [1.165, 1.54) is 12.1 Å². The molecular formula is C23H26ClFN2O2. The number of halogens is 2. The second-order valence-corrected chi connectivity index (χ2v) is 8.34. The molecule has 6 heteroatoms. The summed E-state index contributed by atoms with van der Waals surface area (Å²) in [5.74, 6) is -1.08. The summed E-state index contributed by atoms with van der Waals surface area (Å²) >= 11 is 6.16. The molecule has 2 heterocycles. The SMILES string of the molecule is COCCN1C2CCC1(C(NC(=O)c1c(F)cccc1Cl)c1ccccc1)CC2. The Hall–Kier alpha value is -1.95. The minimum atomic E-state index is -0.605. The Balaban J connectivity index is 1.71. The van der Waals surface area contributed by atoms with Crippen molar-refractivity contribution in [3.8, 4) is 0 Å². The molecule has 2 aromatic rings. The Labute approximate surface area is 176 Å². The van der Waals surface area contributed by atoms with Crippen LogP contribution in [0.15, 0.2) is 48.5 Å². The number of fused-ring (bicyclic) bond motifs is 2. The van der Waals surface area contributed by atoms with Gasteiger partial charge in [0.1, 0.15) is 5.82 Å². The Morgan fingerprint density at radius 2 is 1.97 bits per heavy atom. The average molecular weight is 417 g/mol. The zero-order valence-corrected chi connectivity index (χ0v) is 17.3. The van der Waals surface area contributed by atoms with Crippen molar-refractivity contribution in [1.82, 2.24) is 10.2 Å². The molecule has 29 heavy (non-hydrogen) atoms. The van der Waals surface area contributed by atoms with E-state index >= 15 is 0 Å². The molecule has 0 radical (unpaired) electrons. The van der Waals surface area contributed by atoms with Gasteiger partial charge in [0, 0.05) is 25.2 Å². The van der Waals surface area contributed by atoms with Crippen LogP contribution in [0.4, 0.5) is 4.39 Å². The number of nitrogens with one attached hydrogen (secondary N) is 1. The lowest BCUT2D eigenvalue weighted by Crippen LogP contribution is -2.53. The summed E-state index contributed by atoms with van der Waals surface area (Å²) in [6.45, 7) is 1.47. The Morgan fingerprint density at radius 1 is 1.24 bits per heavy atom. The number of amides is 1. The Morgan fingerprint density at radius 3 is 2.62 bits per heavy atom. The molecule has 154 valence electrons. The predicted molar refractivity (Wildman–Crippen MR) is 112 cm³/mol. The summed E-state index contributed by atoms with van der Waals surface area (Å²) in [7, 11) is 1.71. The molecule has 0 saturated carbocycles. The van der Waals surface area contributed by atoms with E-state index in [0.717, 1.165) is 37.8 Å². The van der Waals surface area contributed by atoms with E-state index in [1.54, 1.807) is 13.2 Å². The predicted octanol–water partition coefficient (Wildman–Crippen LogP) is 4.59. The van der Waals surface area contributed by atoms with Gasteiger partial charge in [-0.2, -0.15) is 0 Å². The average Bonchev–Trinajstić information content (AvgIpc) is 3.26. The van der Waals surface area contributed by atoms with Crippen molar-refractivity contribution in [3.05, 3.63) is 70.5 Å². The smallest absolute Gasteiger partial charge is 0.256 e. The number of nitrogens with zero attached hydrogens (tertiary/aromatic N) is 1. The number of ether oxygens (including phenoxy) is 1. The third-order valence-corrected chi connectivity index (χ3v) is 6.82. The molecular weight excluding hydrogens is 391 g/mol. The van der Waals surface area contributed by atoms with Gasteiger partial charge in [-0.25, -0.2) is 4.39 Å². The molecule has 1 atom stereocenters. The van der Waals surface area contributed by atoms with Gasteiger partial charge >= 0.3 is 0 Å². The molecule has 2 aliphatic rings. The zero-order chi connectivity index (χ0) is 20.4. The molecule has 4 rings (SSSR count).